The topological polar surface area (TPSA) is 91.8 Å². The first-order valence-electron chi connectivity index (χ1n) is 11.0. The summed E-state index contributed by atoms with van der Waals surface area (Å²) in [5, 5.41) is 4.08. The molecule has 3 saturated heterocycles. The number of benzene rings is 1. The molecule has 1 N–H and O–H groups in total. The molecule has 10 heteroatoms. The Balaban J connectivity index is 1.18. The summed E-state index contributed by atoms with van der Waals surface area (Å²) < 4.78 is 30.0. The lowest BCUT2D eigenvalue weighted by Crippen LogP contribution is -2.44. The number of carbonyl (C=O) groups is 1. The van der Waals surface area contributed by atoms with Crippen molar-refractivity contribution < 1.29 is 17.9 Å². The lowest BCUT2D eigenvalue weighted by Gasteiger charge is -2.34. The van der Waals surface area contributed by atoms with Crippen LogP contribution in [-0.4, -0.2) is 81.1 Å². The van der Waals surface area contributed by atoms with Crippen molar-refractivity contribution in [1.82, 2.24) is 9.88 Å². The standard InChI is InChI=1S/C21H28N4O4S2/c26-20(15-3-6-24(7-4-15)17-5-12-31(27,28)14-17)22-16-1-2-18-19(13-16)30-21(23-18)25-8-10-29-11-9-25/h1-2,13,15,17H,3-12,14H2,(H,22,26)/t17-/m0/s1. The molecular weight excluding hydrogens is 436 g/mol. The van der Waals surface area contributed by atoms with Gasteiger partial charge in [-0.1, -0.05) is 11.3 Å². The lowest BCUT2D eigenvalue weighted by molar-refractivity contribution is -0.121. The Morgan fingerprint density at radius 2 is 1.90 bits per heavy atom. The normalized spacial score (nSPS) is 25.2. The molecule has 8 nitrogen and oxygen atoms in total. The van der Waals surface area contributed by atoms with Gasteiger partial charge < -0.3 is 15.0 Å². The summed E-state index contributed by atoms with van der Waals surface area (Å²) in [6.45, 7) is 4.74. The third kappa shape index (κ3) is 4.72. The molecule has 1 atom stereocenters. The molecule has 0 aliphatic carbocycles. The number of thiazole rings is 1. The minimum Gasteiger partial charge on any atom is -0.378 e. The summed E-state index contributed by atoms with van der Waals surface area (Å²) in [4.78, 5) is 22.1. The molecule has 0 spiro atoms. The summed E-state index contributed by atoms with van der Waals surface area (Å²) in [7, 11) is -2.87. The third-order valence-electron chi connectivity index (χ3n) is 6.55. The molecule has 4 heterocycles. The second-order valence-corrected chi connectivity index (χ2v) is 11.9. The van der Waals surface area contributed by atoms with Crippen LogP contribution in [0.5, 0.6) is 0 Å². The molecule has 0 bridgehead atoms. The minimum absolute atomic E-state index is 0.0321. The SMILES string of the molecule is O=C(Nc1ccc2nc(N3CCOCC3)sc2c1)C1CCN([C@H]2CCS(=O)(=O)C2)CC1. The van der Waals surface area contributed by atoms with Gasteiger partial charge in [0.15, 0.2) is 15.0 Å². The van der Waals surface area contributed by atoms with Crippen LogP contribution in [0.1, 0.15) is 19.3 Å². The minimum atomic E-state index is -2.87. The highest BCUT2D eigenvalue weighted by atomic mass is 32.2. The number of amides is 1. The molecule has 1 aromatic heterocycles. The van der Waals surface area contributed by atoms with Gasteiger partial charge in [0, 0.05) is 30.7 Å². The van der Waals surface area contributed by atoms with Crippen LogP contribution in [-0.2, 0) is 19.4 Å². The Labute approximate surface area is 186 Å². The number of hydrogen-bond acceptors (Lipinski definition) is 8. The number of likely N-dealkylation sites (tertiary alicyclic amines) is 1. The average molecular weight is 465 g/mol. The fourth-order valence-electron chi connectivity index (χ4n) is 4.71. The second kappa shape index (κ2) is 8.65. The molecule has 0 saturated carbocycles. The number of nitrogens with zero attached hydrogens (tertiary/aromatic N) is 3. The van der Waals surface area contributed by atoms with E-state index < -0.39 is 9.84 Å². The lowest BCUT2D eigenvalue weighted by atomic mass is 9.94. The summed E-state index contributed by atoms with van der Waals surface area (Å²) in [6.07, 6.45) is 2.26. The highest BCUT2D eigenvalue weighted by Gasteiger charge is 2.35. The van der Waals surface area contributed by atoms with Crippen LogP contribution in [0.4, 0.5) is 10.8 Å². The Morgan fingerprint density at radius 3 is 2.61 bits per heavy atom. The van der Waals surface area contributed by atoms with Crippen molar-refractivity contribution in [2.24, 2.45) is 5.92 Å². The predicted molar refractivity (Wildman–Crippen MR) is 123 cm³/mol. The largest absolute Gasteiger partial charge is 0.378 e. The first-order valence-corrected chi connectivity index (χ1v) is 13.6. The number of piperidine rings is 1. The molecular formula is C21H28N4O4S2. The van der Waals surface area contributed by atoms with Gasteiger partial charge in [0.2, 0.25) is 5.91 Å². The quantitative estimate of drug-likeness (QED) is 0.740. The Morgan fingerprint density at radius 1 is 1.13 bits per heavy atom. The summed E-state index contributed by atoms with van der Waals surface area (Å²) in [5.41, 5.74) is 1.75. The Bertz CT molecular complexity index is 1060. The Kier molecular flexibility index (Phi) is 5.89. The molecule has 5 rings (SSSR count). The smallest absolute Gasteiger partial charge is 0.227 e. The molecule has 168 valence electrons. The number of morpholine rings is 1. The van der Waals surface area contributed by atoms with E-state index >= 15 is 0 Å². The van der Waals surface area contributed by atoms with Crippen LogP contribution < -0.4 is 10.2 Å². The van der Waals surface area contributed by atoms with Gasteiger partial charge in [0.05, 0.1) is 34.9 Å². The summed E-state index contributed by atoms with van der Waals surface area (Å²) >= 11 is 1.65. The molecule has 0 radical (unpaired) electrons. The van der Waals surface area contributed by atoms with Gasteiger partial charge in [-0.25, -0.2) is 13.4 Å². The van der Waals surface area contributed by atoms with Crippen molar-refractivity contribution in [3.63, 3.8) is 0 Å². The van der Waals surface area contributed by atoms with Crippen LogP contribution in [0, 0.1) is 5.92 Å². The fourth-order valence-corrected chi connectivity index (χ4v) is 7.53. The molecule has 2 aromatic rings. The first-order chi connectivity index (χ1) is 15.0. The fraction of sp³-hybridized carbons (Fsp3) is 0.619. The van der Waals surface area contributed by atoms with Crippen molar-refractivity contribution in [2.45, 2.75) is 25.3 Å². The number of aromatic nitrogens is 1. The Hall–Kier alpha value is -1.75. The molecule has 31 heavy (non-hydrogen) atoms. The highest BCUT2D eigenvalue weighted by molar-refractivity contribution is 7.91. The van der Waals surface area contributed by atoms with E-state index in [0.717, 1.165) is 79.7 Å². The molecule has 3 fully saturated rings. The number of rotatable bonds is 4. The zero-order chi connectivity index (χ0) is 21.4. The van der Waals surface area contributed by atoms with Gasteiger partial charge in [-0.3, -0.25) is 9.69 Å². The molecule has 3 aliphatic heterocycles. The van der Waals surface area contributed by atoms with Crippen molar-refractivity contribution >= 4 is 48.1 Å². The third-order valence-corrected chi connectivity index (χ3v) is 9.38. The number of nitrogens with one attached hydrogen (secondary N) is 1. The summed E-state index contributed by atoms with van der Waals surface area (Å²) in [5.74, 6) is 0.586. The molecule has 1 aromatic carbocycles. The van der Waals surface area contributed by atoms with E-state index in [4.69, 9.17) is 9.72 Å². The van der Waals surface area contributed by atoms with Crippen molar-refractivity contribution in [3.05, 3.63) is 18.2 Å². The average Bonchev–Trinajstić information content (AvgIpc) is 3.37. The van der Waals surface area contributed by atoms with Gasteiger partial charge >= 0.3 is 0 Å². The van der Waals surface area contributed by atoms with Gasteiger partial charge in [0.1, 0.15) is 0 Å². The maximum absolute atomic E-state index is 12.8. The van der Waals surface area contributed by atoms with Gasteiger partial charge in [-0.2, -0.15) is 0 Å². The number of carbonyl (C=O) groups excluding carboxylic acids is 1. The van der Waals surface area contributed by atoms with E-state index in [2.05, 4.69) is 15.1 Å². The summed E-state index contributed by atoms with van der Waals surface area (Å²) in [6, 6.07) is 6.02. The zero-order valence-electron chi connectivity index (χ0n) is 17.5. The first kappa shape index (κ1) is 21.1. The second-order valence-electron chi connectivity index (χ2n) is 8.63. The number of sulfone groups is 1. The monoisotopic (exact) mass is 464 g/mol. The molecule has 1 amide bonds. The van der Waals surface area contributed by atoms with Crippen LogP contribution in [0.3, 0.4) is 0 Å². The van der Waals surface area contributed by atoms with Gasteiger partial charge in [0.25, 0.3) is 0 Å². The van der Waals surface area contributed by atoms with E-state index in [1.165, 1.54) is 0 Å². The zero-order valence-corrected chi connectivity index (χ0v) is 19.1. The maximum Gasteiger partial charge on any atom is 0.227 e. The molecule has 3 aliphatic rings. The van der Waals surface area contributed by atoms with E-state index in [1.54, 1.807) is 11.3 Å². The van der Waals surface area contributed by atoms with Gasteiger partial charge in [-0.05, 0) is 50.6 Å². The molecule has 0 unspecified atom stereocenters. The maximum atomic E-state index is 12.8. The van der Waals surface area contributed by atoms with Crippen LogP contribution in [0.25, 0.3) is 10.2 Å². The predicted octanol–water partition coefficient (Wildman–Crippen LogP) is 1.97. The van der Waals surface area contributed by atoms with E-state index in [1.807, 2.05) is 18.2 Å². The number of anilines is 2. The van der Waals surface area contributed by atoms with Crippen molar-refractivity contribution in [3.8, 4) is 0 Å². The van der Waals surface area contributed by atoms with E-state index in [9.17, 15) is 13.2 Å². The van der Waals surface area contributed by atoms with Crippen LogP contribution >= 0.6 is 11.3 Å². The van der Waals surface area contributed by atoms with Crippen molar-refractivity contribution in [2.75, 3.05) is 61.1 Å². The number of hydrogen-bond donors (Lipinski definition) is 1. The highest BCUT2D eigenvalue weighted by Crippen LogP contribution is 2.32. The van der Waals surface area contributed by atoms with Gasteiger partial charge in [-0.15, -0.1) is 0 Å². The number of ether oxygens (including phenoxy) is 1. The van der Waals surface area contributed by atoms with E-state index in [-0.39, 0.29) is 23.6 Å². The van der Waals surface area contributed by atoms with Crippen LogP contribution in [0.15, 0.2) is 18.2 Å². The van der Waals surface area contributed by atoms with Crippen molar-refractivity contribution in [1.29, 1.82) is 0 Å². The number of fused-ring (bicyclic) bond motifs is 1. The van der Waals surface area contributed by atoms with Crippen LogP contribution in [0.2, 0.25) is 0 Å². The van der Waals surface area contributed by atoms with E-state index in [0.29, 0.717) is 5.75 Å².